The van der Waals surface area contributed by atoms with Crippen LogP contribution >= 0.6 is 15.9 Å². The molecule has 0 N–H and O–H groups in total. The molecule has 0 fully saturated rings. The van der Waals surface area contributed by atoms with Crippen LogP contribution < -0.4 is 14.4 Å². The molecule has 2 heterocycles. The molecule has 0 aromatic heterocycles. The van der Waals surface area contributed by atoms with Crippen LogP contribution in [-0.4, -0.2) is 59.0 Å². The minimum atomic E-state index is -4.08. The number of benzene rings is 2. The molecule has 35 heavy (non-hydrogen) atoms. The Morgan fingerprint density at radius 1 is 1.00 bits per heavy atom. The highest BCUT2D eigenvalue weighted by atomic mass is 79.9. The molecule has 11 heteroatoms. The van der Waals surface area contributed by atoms with Crippen molar-refractivity contribution in [3.8, 4) is 11.5 Å². The summed E-state index contributed by atoms with van der Waals surface area (Å²) >= 11 is 3.43. The minimum absolute atomic E-state index is 0.0446. The predicted molar refractivity (Wildman–Crippen MR) is 132 cm³/mol. The van der Waals surface area contributed by atoms with Crippen molar-refractivity contribution in [2.75, 3.05) is 39.3 Å². The number of hydrogen-bond donors (Lipinski definition) is 0. The van der Waals surface area contributed by atoms with Gasteiger partial charge in [0.15, 0.2) is 11.5 Å². The Morgan fingerprint density at radius 2 is 1.66 bits per heavy atom. The molecule has 1 atom stereocenters. The Balaban J connectivity index is 1.83. The zero-order valence-electron chi connectivity index (χ0n) is 20.0. The van der Waals surface area contributed by atoms with Crippen LogP contribution in [0, 0.1) is 0 Å². The van der Waals surface area contributed by atoms with E-state index in [9.17, 15) is 18.0 Å². The van der Waals surface area contributed by atoms with Crippen molar-refractivity contribution in [2.24, 2.45) is 0 Å². The first-order valence-electron chi connectivity index (χ1n) is 11.1. The maximum absolute atomic E-state index is 14.0. The lowest BCUT2D eigenvalue weighted by Gasteiger charge is -2.36. The van der Waals surface area contributed by atoms with Gasteiger partial charge in [0.05, 0.1) is 38.7 Å². The molecule has 0 radical (unpaired) electrons. The van der Waals surface area contributed by atoms with Crippen molar-refractivity contribution < 1.29 is 32.2 Å². The second-order valence-corrected chi connectivity index (χ2v) is 11.1. The summed E-state index contributed by atoms with van der Waals surface area (Å²) in [5.41, 5.74) is 3.02. The molecule has 0 bridgehead atoms. The fourth-order valence-electron chi connectivity index (χ4n) is 4.78. The lowest BCUT2D eigenvalue weighted by molar-refractivity contribution is -0.141. The van der Waals surface area contributed by atoms with Gasteiger partial charge in [0.2, 0.25) is 15.9 Å². The van der Waals surface area contributed by atoms with Gasteiger partial charge in [0.25, 0.3) is 0 Å². The summed E-state index contributed by atoms with van der Waals surface area (Å²) in [6.45, 7) is 2.12. The summed E-state index contributed by atoms with van der Waals surface area (Å²) < 4.78 is 45.5. The van der Waals surface area contributed by atoms with Gasteiger partial charge in [-0.3, -0.25) is 9.59 Å². The van der Waals surface area contributed by atoms with Crippen LogP contribution in [0.25, 0.3) is 0 Å². The number of esters is 1. The molecular formula is C24H27BrN2O7S. The van der Waals surface area contributed by atoms with Crippen molar-refractivity contribution >= 4 is 43.5 Å². The lowest BCUT2D eigenvalue weighted by atomic mass is 9.91. The van der Waals surface area contributed by atoms with Crippen molar-refractivity contribution in [3.63, 3.8) is 0 Å². The molecule has 9 nitrogen and oxygen atoms in total. The average Bonchev–Trinajstić information content (AvgIpc) is 3.25. The Hall–Kier alpha value is -2.63. The van der Waals surface area contributed by atoms with Crippen molar-refractivity contribution in [2.45, 2.75) is 37.1 Å². The number of halogens is 1. The third-order valence-corrected chi connectivity index (χ3v) is 9.40. The highest BCUT2D eigenvalue weighted by molar-refractivity contribution is 9.10. The Morgan fingerprint density at radius 3 is 2.29 bits per heavy atom. The van der Waals surface area contributed by atoms with E-state index in [-0.39, 0.29) is 23.8 Å². The number of carbonyl (C=O) groups excluding carboxylic acids is 2. The van der Waals surface area contributed by atoms with Crippen LogP contribution in [-0.2, 0) is 37.2 Å². The van der Waals surface area contributed by atoms with Gasteiger partial charge in [-0.1, -0.05) is 0 Å². The van der Waals surface area contributed by atoms with E-state index in [0.29, 0.717) is 46.6 Å². The highest BCUT2D eigenvalue weighted by Crippen LogP contribution is 2.44. The van der Waals surface area contributed by atoms with Crippen molar-refractivity contribution in [1.29, 1.82) is 0 Å². The topological polar surface area (TPSA) is 102 Å². The first-order valence-corrected chi connectivity index (χ1v) is 13.3. The maximum atomic E-state index is 14.0. The molecule has 0 unspecified atom stereocenters. The molecule has 2 aromatic carbocycles. The van der Waals surface area contributed by atoms with Crippen LogP contribution in [0.4, 0.5) is 5.69 Å². The number of methoxy groups -OCH3 is 3. The van der Waals surface area contributed by atoms with E-state index in [2.05, 4.69) is 15.9 Å². The number of amides is 1. The fourth-order valence-corrected chi connectivity index (χ4v) is 7.46. The lowest BCUT2D eigenvalue weighted by Crippen LogP contribution is -2.41. The monoisotopic (exact) mass is 566 g/mol. The van der Waals surface area contributed by atoms with E-state index in [1.165, 1.54) is 32.6 Å². The Labute approximate surface area is 213 Å². The van der Waals surface area contributed by atoms with Crippen LogP contribution in [0.1, 0.15) is 36.1 Å². The number of anilines is 1. The van der Waals surface area contributed by atoms with E-state index < -0.39 is 22.0 Å². The molecule has 188 valence electrons. The number of ether oxygens (including phenoxy) is 3. The molecule has 4 rings (SSSR count). The standard InChI is InChI=1S/C24H27BrN2O7S/c1-14(28)26-7-5-16-9-18(25)23(12-19(16)26)35(30,31)27-8-6-15-10-21(32-2)22(33-3)11-17(15)20(27)13-24(29)34-4/h9-12,20H,5-8,13H2,1-4H3/t20-/m1/s1. The van der Waals surface area contributed by atoms with Crippen LogP contribution in [0.5, 0.6) is 11.5 Å². The minimum Gasteiger partial charge on any atom is -0.493 e. The first-order chi connectivity index (χ1) is 16.6. The summed E-state index contributed by atoms with van der Waals surface area (Å²) in [5, 5.41) is 0. The van der Waals surface area contributed by atoms with E-state index in [0.717, 1.165) is 11.1 Å². The van der Waals surface area contributed by atoms with Crippen LogP contribution in [0.15, 0.2) is 33.6 Å². The number of fused-ring (bicyclic) bond motifs is 2. The number of rotatable bonds is 6. The maximum Gasteiger partial charge on any atom is 0.307 e. The Bertz CT molecular complexity index is 1300. The summed E-state index contributed by atoms with van der Waals surface area (Å²) in [4.78, 5) is 26.1. The summed E-state index contributed by atoms with van der Waals surface area (Å²) in [7, 11) is 0.228. The summed E-state index contributed by atoms with van der Waals surface area (Å²) in [5.74, 6) is 0.292. The van der Waals surface area contributed by atoms with Crippen molar-refractivity contribution in [1.82, 2.24) is 4.31 Å². The van der Waals surface area contributed by atoms with Gasteiger partial charge in [-0.25, -0.2) is 8.42 Å². The average molecular weight is 567 g/mol. The van der Waals surface area contributed by atoms with Crippen LogP contribution in [0.3, 0.4) is 0 Å². The quantitative estimate of drug-likeness (QED) is 0.494. The second-order valence-electron chi connectivity index (χ2n) is 8.40. The summed E-state index contributed by atoms with van der Waals surface area (Å²) in [6, 6.07) is 6.03. The molecule has 0 aliphatic carbocycles. The largest absolute Gasteiger partial charge is 0.493 e. The molecule has 2 aliphatic heterocycles. The van der Waals surface area contributed by atoms with E-state index in [4.69, 9.17) is 14.2 Å². The number of sulfonamides is 1. The third kappa shape index (κ3) is 4.52. The predicted octanol–water partition coefficient (Wildman–Crippen LogP) is 3.23. The van der Waals surface area contributed by atoms with Gasteiger partial charge in [0.1, 0.15) is 0 Å². The molecule has 1 amide bonds. The van der Waals surface area contributed by atoms with Gasteiger partial charge in [-0.15, -0.1) is 0 Å². The molecule has 0 saturated heterocycles. The second kappa shape index (κ2) is 9.79. The van der Waals surface area contributed by atoms with Gasteiger partial charge in [-0.2, -0.15) is 4.31 Å². The first kappa shape index (κ1) is 25.5. The highest BCUT2D eigenvalue weighted by Gasteiger charge is 2.40. The zero-order valence-corrected chi connectivity index (χ0v) is 22.4. The number of nitrogens with zero attached hydrogens (tertiary/aromatic N) is 2. The SMILES string of the molecule is COC(=O)C[C@@H]1c2cc(OC)c(OC)cc2CCN1S(=O)(=O)c1cc2c(cc1Br)CCN2C(C)=O. The van der Waals surface area contributed by atoms with E-state index in [1.807, 2.05) is 6.07 Å². The van der Waals surface area contributed by atoms with Gasteiger partial charge < -0.3 is 19.1 Å². The van der Waals surface area contributed by atoms with Gasteiger partial charge in [-0.05, 0) is 69.7 Å². The van der Waals surface area contributed by atoms with E-state index >= 15 is 0 Å². The smallest absolute Gasteiger partial charge is 0.307 e. The molecule has 0 saturated carbocycles. The number of carbonyl (C=O) groups is 2. The zero-order chi connectivity index (χ0) is 25.5. The third-order valence-electron chi connectivity index (χ3n) is 6.54. The number of hydrogen-bond acceptors (Lipinski definition) is 7. The van der Waals surface area contributed by atoms with Gasteiger partial charge in [0, 0.05) is 30.2 Å². The molecule has 2 aromatic rings. The fraction of sp³-hybridized carbons (Fsp3) is 0.417. The molecule has 2 aliphatic rings. The van der Waals surface area contributed by atoms with Gasteiger partial charge >= 0.3 is 5.97 Å². The van der Waals surface area contributed by atoms with Crippen LogP contribution in [0.2, 0.25) is 0 Å². The Kier molecular flexibility index (Phi) is 7.12. The molecule has 0 spiro atoms. The van der Waals surface area contributed by atoms with E-state index in [1.54, 1.807) is 23.1 Å². The molecular weight excluding hydrogens is 540 g/mol. The normalized spacial score (nSPS) is 17.5. The summed E-state index contributed by atoms with van der Waals surface area (Å²) in [6.07, 6.45) is 0.909. The van der Waals surface area contributed by atoms with Crippen molar-refractivity contribution in [3.05, 3.63) is 45.4 Å².